The van der Waals surface area contributed by atoms with Crippen molar-refractivity contribution < 1.29 is 28.7 Å². The van der Waals surface area contributed by atoms with Crippen LogP contribution in [0.4, 0.5) is 0 Å². The highest BCUT2D eigenvalue weighted by Crippen LogP contribution is 2.11. The summed E-state index contributed by atoms with van der Waals surface area (Å²) in [5.41, 5.74) is -0.693. The van der Waals surface area contributed by atoms with Crippen molar-refractivity contribution in [3.8, 4) is 0 Å². The van der Waals surface area contributed by atoms with E-state index in [2.05, 4.69) is 15.4 Å². The first kappa shape index (κ1) is 17.9. The summed E-state index contributed by atoms with van der Waals surface area (Å²) in [5, 5.41) is 4.91. The van der Waals surface area contributed by atoms with Gasteiger partial charge in [0, 0.05) is 6.42 Å². The molecule has 0 radical (unpaired) electrons. The molecule has 2 amide bonds. The van der Waals surface area contributed by atoms with Gasteiger partial charge in [0.25, 0.3) is 0 Å². The summed E-state index contributed by atoms with van der Waals surface area (Å²) >= 11 is 0. The van der Waals surface area contributed by atoms with Crippen molar-refractivity contribution in [1.29, 1.82) is 0 Å². The lowest BCUT2D eigenvalue weighted by atomic mass is 10.1. The van der Waals surface area contributed by atoms with Crippen LogP contribution in [0.3, 0.4) is 0 Å². The number of rotatable bonds is 5. The van der Waals surface area contributed by atoms with Crippen molar-refractivity contribution in [3.63, 3.8) is 0 Å². The van der Waals surface area contributed by atoms with Gasteiger partial charge in [0.1, 0.15) is 17.7 Å². The van der Waals surface area contributed by atoms with Crippen LogP contribution in [0.5, 0.6) is 0 Å². The molecule has 0 saturated carbocycles. The van der Waals surface area contributed by atoms with Gasteiger partial charge in [-0.3, -0.25) is 14.4 Å². The molecule has 2 atom stereocenters. The van der Waals surface area contributed by atoms with Gasteiger partial charge in [-0.05, 0) is 27.2 Å². The second-order valence-electron chi connectivity index (χ2n) is 6.03. The molecule has 8 heteroatoms. The fourth-order valence-electron chi connectivity index (χ4n) is 1.97. The molecule has 1 aliphatic heterocycles. The highest BCUT2D eigenvalue weighted by molar-refractivity contribution is 5.94. The fraction of sp³-hybridized carbons (Fsp3) is 0.714. The normalized spacial score (nSPS) is 19.1. The van der Waals surface area contributed by atoms with Gasteiger partial charge in [-0.15, -0.1) is 0 Å². The lowest BCUT2D eigenvalue weighted by Gasteiger charge is -2.22. The fourth-order valence-corrected chi connectivity index (χ4v) is 1.97. The van der Waals surface area contributed by atoms with E-state index in [1.165, 1.54) is 0 Å². The monoisotopic (exact) mass is 314 g/mol. The second kappa shape index (κ2) is 7.24. The summed E-state index contributed by atoms with van der Waals surface area (Å²) in [6.45, 7) is 5.10. The molecular formula is C14H22N2O6. The summed E-state index contributed by atoms with van der Waals surface area (Å²) in [4.78, 5) is 46.6. The van der Waals surface area contributed by atoms with Gasteiger partial charge in [0.15, 0.2) is 0 Å². The summed E-state index contributed by atoms with van der Waals surface area (Å²) in [7, 11) is 1.16. The summed E-state index contributed by atoms with van der Waals surface area (Å²) in [6.07, 6.45) is 0.272. The maximum Gasteiger partial charge on any atom is 0.328 e. The van der Waals surface area contributed by atoms with Gasteiger partial charge in [-0.2, -0.15) is 0 Å². The molecule has 1 saturated heterocycles. The molecule has 0 spiro atoms. The van der Waals surface area contributed by atoms with Crippen molar-refractivity contribution in [3.05, 3.63) is 0 Å². The van der Waals surface area contributed by atoms with Crippen LogP contribution in [0.15, 0.2) is 0 Å². The van der Waals surface area contributed by atoms with E-state index >= 15 is 0 Å². The SMILES string of the molecule is COC(=O)[C@H](CC(=O)OC(C)(C)C)NC(=O)[C@H]1CCC(=O)N1. The number of amides is 2. The summed E-state index contributed by atoms with van der Waals surface area (Å²) < 4.78 is 9.70. The van der Waals surface area contributed by atoms with Crippen molar-refractivity contribution in [2.45, 2.75) is 57.7 Å². The maximum atomic E-state index is 12.0. The predicted octanol–water partition coefficient (Wildman–Crippen LogP) is -0.345. The van der Waals surface area contributed by atoms with Gasteiger partial charge in [-0.25, -0.2) is 4.79 Å². The van der Waals surface area contributed by atoms with Crippen LogP contribution < -0.4 is 10.6 Å². The van der Waals surface area contributed by atoms with Crippen LogP contribution in [0.1, 0.15) is 40.0 Å². The molecule has 0 aromatic carbocycles. The maximum absolute atomic E-state index is 12.0. The van der Waals surface area contributed by atoms with Crippen LogP contribution in [0, 0.1) is 0 Å². The Bertz CT molecular complexity index is 468. The number of hydrogen-bond donors (Lipinski definition) is 2. The molecule has 0 aliphatic carbocycles. The Morgan fingerprint density at radius 1 is 1.36 bits per heavy atom. The zero-order valence-electron chi connectivity index (χ0n) is 13.2. The first-order chi connectivity index (χ1) is 10.1. The third-order valence-electron chi connectivity index (χ3n) is 2.90. The van der Waals surface area contributed by atoms with E-state index in [1.54, 1.807) is 20.8 Å². The minimum absolute atomic E-state index is 0.220. The number of nitrogens with one attached hydrogen (secondary N) is 2. The van der Waals surface area contributed by atoms with Crippen molar-refractivity contribution in [2.24, 2.45) is 0 Å². The molecule has 22 heavy (non-hydrogen) atoms. The smallest absolute Gasteiger partial charge is 0.328 e. The molecule has 1 fully saturated rings. The zero-order chi connectivity index (χ0) is 16.9. The molecule has 1 rings (SSSR count). The Hall–Kier alpha value is -2.12. The van der Waals surface area contributed by atoms with Gasteiger partial charge in [-0.1, -0.05) is 0 Å². The van der Waals surface area contributed by atoms with Crippen molar-refractivity contribution in [1.82, 2.24) is 10.6 Å². The number of carbonyl (C=O) groups is 4. The second-order valence-corrected chi connectivity index (χ2v) is 6.03. The molecule has 1 heterocycles. The summed E-state index contributed by atoms with van der Waals surface area (Å²) in [6, 6.07) is -1.84. The minimum atomic E-state index is -1.15. The first-order valence-electron chi connectivity index (χ1n) is 7.02. The Morgan fingerprint density at radius 2 is 2.00 bits per heavy atom. The Morgan fingerprint density at radius 3 is 2.45 bits per heavy atom. The lowest BCUT2D eigenvalue weighted by Crippen LogP contribution is -2.50. The van der Waals surface area contributed by atoms with E-state index < -0.39 is 35.5 Å². The van der Waals surface area contributed by atoms with Crippen LogP contribution in [-0.2, 0) is 28.7 Å². The molecule has 2 N–H and O–H groups in total. The van der Waals surface area contributed by atoms with Gasteiger partial charge in [0.05, 0.1) is 13.5 Å². The molecule has 0 bridgehead atoms. The largest absolute Gasteiger partial charge is 0.467 e. The number of methoxy groups -OCH3 is 1. The van der Waals surface area contributed by atoms with E-state index in [4.69, 9.17) is 4.74 Å². The lowest BCUT2D eigenvalue weighted by molar-refractivity contribution is -0.159. The van der Waals surface area contributed by atoms with Gasteiger partial charge < -0.3 is 20.1 Å². The van der Waals surface area contributed by atoms with Crippen LogP contribution in [-0.4, -0.2) is 48.5 Å². The Balaban J connectivity index is 2.64. The third-order valence-corrected chi connectivity index (χ3v) is 2.90. The molecule has 124 valence electrons. The molecule has 0 unspecified atom stereocenters. The summed E-state index contributed by atoms with van der Waals surface area (Å²) in [5.74, 6) is -2.12. The quantitative estimate of drug-likeness (QED) is 0.671. The van der Waals surface area contributed by atoms with E-state index in [1.807, 2.05) is 0 Å². The van der Waals surface area contributed by atoms with Crippen molar-refractivity contribution >= 4 is 23.8 Å². The standard InChI is InChI=1S/C14H22N2O6/c1-14(2,3)22-11(18)7-9(13(20)21-4)16-12(19)8-5-6-10(17)15-8/h8-9H,5-7H2,1-4H3,(H,15,17)(H,16,19)/t8-,9+/m1/s1. The third kappa shape index (κ3) is 5.71. The molecule has 0 aromatic rings. The average molecular weight is 314 g/mol. The van der Waals surface area contributed by atoms with Crippen LogP contribution >= 0.6 is 0 Å². The number of esters is 2. The average Bonchev–Trinajstić information content (AvgIpc) is 2.81. The molecular weight excluding hydrogens is 292 g/mol. The van der Waals surface area contributed by atoms with E-state index in [9.17, 15) is 19.2 Å². The number of carbonyl (C=O) groups excluding carboxylic acids is 4. The predicted molar refractivity (Wildman–Crippen MR) is 75.6 cm³/mol. The Kier molecular flexibility index (Phi) is 5.90. The topological polar surface area (TPSA) is 111 Å². The first-order valence-corrected chi connectivity index (χ1v) is 7.02. The van der Waals surface area contributed by atoms with E-state index in [0.29, 0.717) is 6.42 Å². The Labute approximate surface area is 128 Å². The van der Waals surface area contributed by atoms with E-state index in [0.717, 1.165) is 7.11 Å². The molecule has 1 aliphatic rings. The zero-order valence-corrected chi connectivity index (χ0v) is 13.2. The van der Waals surface area contributed by atoms with Crippen LogP contribution in [0.25, 0.3) is 0 Å². The van der Waals surface area contributed by atoms with Gasteiger partial charge >= 0.3 is 11.9 Å². The number of ether oxygens (including phenoxy) is 2. The van der Waals surface area contributed by atoms with Crippen LogP contribution in [0.2, 0.25) is 0 Å². The van der Waals surface area contributed by atoms with Crippen molar-refractivity contribution in [2.75, 3.05) is 7.11 Å². The number of hydrogen-bond acceptors (Lipinski definition) is 6. The molecule has 8 nitrogen and oxygen atoms in total. The highest BCUT2D eigenvalue weighted by atomic mass is 16.6. The van der Waals surface area contributed by atoms with Gasteiger partial charge in [0.2, 0.25) is 11.8 Å². The highest BCUT2D eigenvalue weighted by Gasteiger charge is 2.32. The molecule has 0 aromatic heterocycles. The van der Waals surface area contributed by atoms with E-state index in [-0.39, 0.29) is 18.7 Å². The minimum Gasteiger partial charge on any atom is -0.467 e.